The second-order valence-corrected chi connectivity index (χ2v) is 7.63. The highest BCUT2D eigenvalue weighted by atomic mass is 31.2. The van der Waals surface area contributed by atoms with E-state index in [9.17, 15) is 9.36 Å². The Kier molecular flexibility index (Phi) is 6.41. The molecule has 0 radical (unpaired) electrons. The van der Waals surface area contributed by atoms with Gasteiger partial charge >= 0.3 is 5.97 Å². The van der Waals surface area contributed by atoms with Crippen LogP contribution >= 0.6 is 7.37 Å². The number of methoxy groups -OCH3 is 1. The van der Waals surface area contributed by atoms with Gasteiger partial charge in [-0.2, -0.15) is 0 Å². The number of fused-ring (bicyclic) bond motifs is 1. The number of ether oxygens (including phenoxy) is 2. The number of allylic oxidation sites excluding steroid dienone is 3. The standard InChI is InChI=1S/C18H23O5P/c1-4-6-9-14-17(12-13-18(19)21-3)24(20,22-5-2)16-11-8-7-10-15(16)23-14/h7-8,10-13H,4-6,9H2,1-3H3/b13-12+. The van der Waals surface area contributed by atoms with Crippen LogP contribution in [0, 0.1) is 0 Å². The summed E-state index contributed by atoms with van der Waals surface area (Å²) in [6.07, 6.45) is 5.25. The molecule has 2 rings (SSSR count). The van der Waals surface area contributed by atoms with E-state index in [1.165, 1.54) is 19.3 Å². The third-order valence-electron chi connectivity index (χ3n) is 3.67. The fourth-order valence-electron chi connectivity index (χ4n) is 2.51. The predicted octanol–water partition coefficient (Wildman–Crippen LogP) is 4.15. The highest BCUT2D eigenvalue weighted by Crippen LogP contribution is 2.60. The molecule has 0 aromatic heterocycles. The molecule has 1 atom stereocenters. The van der Waals surface area contributed by atoms with E-state index in [2.05, 4.69) is 11.7 Å². The fraction of sp³-hybridized carbons (Fsp3) is 0.389. The summed E-state index contributed by atoms with van der Waals surface area (Å²) >= 11 is 0. The van der Waals surface area contributed by atoms with Crippen molar-refractivity contribution in [3.63, 3.8) is 0 Å². The van der Waals surface area contributed by atoms with Crippen molar-refractivity contribution in [3.8, 4) is 5.75 Å². The van der Waals surface area contributed by atoms with Crippen LogP contribution in [-0.4, -0.2) is 19.7 Å². The van der Waals surface area contributed by atoms with E-state index in [1.54, 1.807) is 25.1 Å². The third kappa shape index (κ3) is 3.80. The zero-order chi connectivity index (χ0) is 17.6. The number of hydrogen-bond acceptors (Lipinski definition) is 5. The van der Waals surface area contributed by atoms with Crippen molar-refractivity contribution in [2.45, 2.75) is 33.1 Å². The first-order chi connectivity index (χ1) is 11.6. The highest BCUT2D eigenvalue weighted by Gasteiger charge is 2.39. The molecule has 0 aliphatic carbocycles. The molecular weight excluding hydrogens is 327 g/mol. The van der Waals surface area contributed by atoms with E-state index in [0.717, 1.165) is 12.8 Å². The van der Waals surface area contributed by atoms with Gasteiger partial charge in [0.1, 0.15) is 11.5 Å². The van der Waals surface area contributed by atoms with Crippen LogP contribution in [0.4, 0.5) is 0 Å². The first kappa shape index (κ1) is 18.5. The lowest BCUT2D eigenvalue weighted by Gasteiger charge is -2.29. The average Bonchev–Trinajstić information content (AvgIpc) is 2.59. The Labute approximate surface area is 142 Å². The summed E-state index contributed by atoms with van der Waals surface area (Å²) in [6, 6.07) is 7.16. The first-order valence-electron chi connectivity index (χ1n) is 8.08. The molecule has 1 heterocycles. The van der Waals surface area contributed by atoms with Gasteiger partial charge in [0.2, 0.25) is 0 Å². The van der Waals surface area contributed by atoms with Gasteiger partial charge in [0.25, 0.3) is 7.37 Å². The van der Waals surface area contributed by atoms with Crippen molar-refractivity contribution in [2.75, 3.05) is 13.7 Å². The normalized spacial score (nSPS) is 20.0. The van der Waals surface area contributed by atoms with Gasteiger partial charge in [-0.1, -0.05) is 25.5 Å². The maximum absolute atomic E-state index is 13.7. The van der Waals surface area contributed by atoms with Crippen LogP contribution in [0.5, 0.6) is 5.75 Å². The molecule has 0 saturated heterocycles. The molecule has 1 aromatic carbocycles. The number of benzene rings is 1. The van der Waals surface area contributed by atoms with Gasteiger partial charge in [-0.3, -0.25) is 4.57 Å². The lowest BCUT2D eigenvalue weighted by molar-refractivity contribution is -0.134. The summed E-state index contributed by atoms with van der Waals surface area (Å²) < 4.78 is 30.0. The smallest absolute Gasteiger partial charge is 0.330 e. The van der Waals surface area contributed by atoms with Gasteiger partial charge in [0.15, 0.2) is 0 Å². The molecule has 1 aromatic rings. The number of rotatable bonds is 7. The monoisotopic (exact) mass is 350 g/mol. The average molecular weight is 350 g/mol. The Balaban J connectivity index is 2.57. The van der Waals surface area contributed by atoms with E-state index in [1.807, 2.05) is 6.07 Å². The number of carbonyl (C=O) groups is 1. The molecule has 5 nitrogen and oxygen atoms in total. The second kappa shape index (κ2) is 8.32. The minimum absolute atomic E-state index is 0.294. The molecule has 0 bridgehead atoms. The lowest BCUT2D eigenvalue weighted by atomic mass is 10.2. The van der Waals surface area contributed by atoms with Crippen molar-refractivity contribution in [1.29, 1.82) is 0 Å². The van der Waals surface area contributed by atoms with Crippen molar-refractivity contribution < 1.29 is 23.4 Å². The molecule has 0 N–H and O–H groups in total. The van der Waals surface area contributed by atoms with Crippen LogP contribution in [0.25, 0.3) is 0 Å². The predicted molar refractivity (Wildman–Crippen MR) is 93.6 cm³/mol. The van der Waals surface area contributed by atoms with Gasteiger partial charge in [0.05, 0.1) is 24.3 Å². The maximum Gasteiger partial charge on any atom is 0.330 e. The van der Waals surface area contributed by atoms with Crippen molar-refractivity contribution in [3.05, 3.63) is 47.5 Å². The van der Waals surface area contributed by atoms with Crippen LogP contribution in [0.1, 0.15) is 33.1 Å². The minimum Gasteiger partial charge on any atom is -0.466 e. The summed E-state index contributed by atoms with van der Waals surface area (Å²) in [5, 5.41) is 0.957. The Morgan fingerprint density at radius 2 is 2.04 bits per heavy atom. The Morgan fingerprint density at radius 3 is 2.71 bits per heavy atom. The quantitative estimate of drug-likeness (QED) is 0.420. The first-order valence-corrected chi connectivity index (χ1v) is 9.71. The molecule has 0 saturated carbocycles. The van der Waals surface area contributed by atoms with Crippen LogP contribution in [0.15, 0.2) is 47.5 Å². The van der Waals surface area contributed by atoms with Crippen LogP contribution < -0.4 is 10.0 Å². The van der Waals surface area contributed by atoms with Crippen LogP contribution in [0.2, 0.25) is 0 Å². The number of para-hydroxylation sites is 1. The molecule has 0 amide bonds. The molecular formula is C18H23O5P. The fourth-order valence-corrected chi connectivity index (χ4v) is 4.86. The molecule has 1 unspecified atom stereocenters. The van der Waals surface area contributed by atoms with Crippen LogP contribution in [-0.2, 0) is 18.6 Å². The molecule has 0 fully saturated rings. The maximum atomic E-state index is 13.7. The Bertz CT molecular complexity index is 705. The summed E-state index contributed by atoms with van der Waals surface area (Å²) in [5.41, 5.74) is 0. The molecule has 0 spiro atoms. The number of esters is 1. The van der Waals surface area contributed by atoms with Crippen LogP contribution in [0.3, 0.4) is 0 Å². The third-order valence-corrected chi connectivity index (χ3v) is 6.32. The van der Waals surface area contributed by atoms with E-state index in [0.29, 0.717) is 35.2 Å². The summed E-state index contributed by atoms with van der Waals surface area (Å²) in [7, 11) is -2.02. The highest BCUT2D eigenvalue weighted by molar-refractivity contribution is 7.71. The van der Waals surface area contributed by atoms with Gasteiger partial charge in [-0.25, -0.2) is 4.79 Å². The topological polar surface area (TPSA) is 61.8 Å². The molecule has 130 valence electrons. The lowest BCUT2D eigenvalue weighted by Crippen LogP contribution is -2.20. The minimum atomic E-state index is -3.32. The summed E-state index contributed by atoms with van der Waals surface area (Å²) in [5.74, 6) is 0.627. The Hall–Kier alpha value is -1.84. The van der Waals surface area contributed by atoms with Crippen molar-refractivity contribution in [1.82, 2.24) is 0 Å². The molecule has 1 aliphatic rings. The largest absolute Gasteiger partial charge is 0.466 e. The number of unbranched alkanes of at least 4 members (excludes halogenated alkanes) is 1. The zero-order valence-electron chi connectivity index (χ0n) is 14.3. The van der Waals surface area contributed by atoms with Crippen molar-refractivity contribution in [2.24, 2.45) is 0 Å². The Morgan fingerprint density at radius 1 is 1.29 bits per heavy atom. The van der Waals surface area contributed by atoms with Crippen molar-refractivity contribution >= 4 is 18.6 Å². The van der Waals surface area contributed by atoms with Gasteiger partial charge < -0.3 is 14.0 Å². The summed E-state index contributed by atoms with van der Waals surface area (Å²) in [6.45, 7) is 4.16. The number of carbonyl (C=O) groups excluding carboxylic acids is 1. The molecule has 1 aliphatic heterocycles. The second-order valence-electron chi connectivity index (χ2n) is 5.31. The molecule has 24 heavy (non-hydrogen) atoms. The SMILES string of the molecule is CCCCC1=C(/C=C/C(=O)OC)P(=O)(OCC)c2ccccc2O1. The number of hydrogen-bond donors (Lipinski definition) is 0. The van der Waals surface area contributed by atoms with Gasteiger partial charge in [0, 0.05) is 12.5 Å². The van der Waals surface area contributed by atoms with E-state index < -0.39 is 13.3 Å². The van der Waals surface area contributed by atoms with Gasteiger partial charge in [-0.05, 0) is 31.6 Å². The molecule has 6 heteroatoms. The zero-order valence-corrected chi connectivity index (χ0v) is 15.2. The van der Waals surface area contributed by atoms with E-state index in [-0.39, 0.29) is 0 Å². The van der Waals surface area contributed by atoms with E-state index >= 15 is 0 Å². The van der Waals surface area contributed by atoms with E-state index in [4.69, 9.17) is 9.26 Å². The summed E-state index contributed by atoms with van der Waals surface area (Å²) in [4.78, 5) is 11.5. The van der Waals surface area contributed by atoms with Gasteiger partial charge in [-0.15, -0.1) is 0 Å².